The van der Waals surface area contributed by atoms with E-state index >= 15 is 0 Å². The first-order chi connectivity index (χ1) is 21.6. The Morgan fingerprint density at radius 2 is 1.38 bits per heavy atom. The summed E-state index contributed by atoms with van der Waals surface area (Å²) >= 11 is -4.10. The van der Waals surface area contributed by atoms with E-state index in [9.17, 15) is 0 Å². The number of hydrogen-bond acceptors (Lipinski definition) is 0. The summed E-state index contributed by atoms with van der Waals surface area (Å²) in [6, 6.07) is 40.2. The first-order valence-corrected chi connectivity index (χ1v) is 26.6. The van der Waals surface area contributed by atoms with Crippen LogP contribution in [0.15, 0.2) is 115 Å². The summed E-state index contributed by atoms with van der Waals surface area (Å²) in [6.07, 6.45) is 3.56. The summed E-state index contributed by atoms with van der Waals surface area (Å²) in [6.45, 7) is 11.6. The van der Waals surface area contributed by atoms with Crippen molar-refractivity contribution in [2.75, 3.05) is 0 Å². The van der Waals surface area contributed by atoms with Crippen molar-refractivity contribution in [1.29, 1.82) is 0 Å². The van der Waals surface area contributed by atoms with Gasteiger partial charge in [0.25, 0.3) is 0 Å². The summed E-state index contributed by atoms with van der Waals surface area (Å²) in [5.41, 5.74) is 13.2. The summed E-state index contributed by atoms with van der Waals surface area (Å²) in [4.78, 5) is 0. The molecule has 4 heteroatoms. The molecule has 2 atom stereocenters. The molecule has 0 radical (unpaired) electrons. The van der Waals surface area contributed by atoms with Gasteiger partial charge in [0.1, 0.15) is 0 Å². The molecule has 0 aromatic heterocycles. The Balaban J connectivity index is 1.47. The molecular weight excluding hydrogens is 683 g/mol. The van der Waals surface area contributed by atoms with Crippen LogP contribution in [0, 0.1) is 5.92 Å². The predicted molar refractivity (Wildman–Crippen MR) is 197 cm³/mol. The fraction of sp³-hybridized carbons (Fsp3) is 0.220. The number of rotatable bonds is 6. The van der Waals surface area contributed by atoms with Crippen molar-refractivity contribution >= 4 is 46.3 Å². The second kappa shape index (κ2) is 12.0. The van der Waals surface area contributed by atoms with Crippen LogP contribution in [0.1, 0.15) is 61.4 Å². The summed E-state index contributed by atoms with van der Waals surface area (Å²) in [7, 11) is 15.4. The fourth-order valence-corrected chi connectivity index (χ4v) is 24.6. The van der Waals surface area contributed by atoms with Crippen molar-refractivity contribution in [2.45, 2.75) is 50.1 Å². The Labute approximate surface area is 282 Å². The number of allylic oxidation sites excluding steroid dienone is 1. The van der Waals surface area contributed by atoms with E-state index < -0.39 is 27.4 Å². The van der Waals surface area contributed by atoms with E-state index in [1.54, 1.807) is 0 Å². The standard InChI is InChI=1S/C29H31.C12H9Si.2ClH.Zr/c1-6-20(2)23-18-22-16-17-27(29(3,4)5)28(26(22)19-23)25-15-11-10-14-24(25)21-12-8-7-9-13-21;1-3-7-11-9(5-1)10-6-2-4-8-12(10)13-11;;;/h7-20H,6H2,1-5H3;1-7H,13H2;2*1H;/q;;;;+2/p-2. The van der Waals surface area contributed by atoms with Crippen molar-refractivity contribution in [3.05, 3.63) is 131 Å². The van der Waals surface area contributed by atoms with Crippen LogP contribution < -0.4 is 13.6 Å². The molecule has 1 aliphatic carbocycles. The molecule has 0 bridgehead atoms. The summed E-state index contributed by atoms with van der Waals surface area (Å²) in [5.74, 6) is 0.387. The first kappa shape index (κ1) is 31.1. The van der Waals surface area contributed by atoms with Crippen LogP contribution >= 0.6 is 17.0 Å². The molecule has 5 aromatic carbocycles. The zero-order valence-electron chi connectivity index (χ0n) is 26.8. The second-order valence-corrected chi connectivity index (χ2v) is 29.7. The van der Waals surface area contributed by atoms with Gasteiger partial charge in [0.15, 0.2) is 0 Å². The van der Waals surface area contributed by atoms with Crippen LogP contribution in [-0.2, 0) is 23.3 Å². The average molecular weight is 723 g/mol. The molecule has 0 N–H and O–H groups in total. The molecule has 0 spiro atoms. The normalized spacial score (nSPS) is 16.7. The molecule has 0 fully saturated rings. The third-order valence-electron chi connectivity index (χ3n) is 10.1. The van der Waals surface area contributed by atoms with Gasteiger partial charge in [0, 0.05) is 0 Å². The second-order valence-electron chi connectivity index (χ2n) is 13.8. The average Bonchev–Trinajstić information content (AvgIpc) is 3.63. The van der Waals surface area contributed by atoms with Gasteiger partial charge < -0.3 is 0 Å². The molecule has 226 valence electrons. The predicted octanol–water partition coefficient (Wildman–Crippen LogP) is 9.69. The minimum absolute atomic E-state index is 0.0451. The van der Waals surface area contributed by atoms with E-state index in [2.05, 4.69) is 150 Å². The van der Waals surface area contributed by atoms with Gasteiger partial charge in [-0.25, -0.2) is 0 Å². The van der Waals surface area contributed by atoms with E-state index in [4.69, 9.17) is 17.0 Å². The zero-order chi connectivity index (χ0) is 31.5. The van der Waals surface area contributed by atoms with Gasteiger partial charge in [-0.2, -0.15) is 0 Å². The molecule has 1 heterocycles. The van der Waals surface area contributed by atoms with Crippen LogP contribution in [0.4, 0.5) is 0 Å². The number of fused-ring (bicyclic) bond motifs is 4. The Morgan fingerprint density at radius 3 is 2.09 bits per heavy atom. The van der Waals surface area contributed by atoms with E-state index in [-0.39, 0.29) is 9.04 Å². The van der Waals surface area contributed by atoms with E-state index in [1.165, 1.54) is 69.3 Å². The Bertz CT molecular complexity index is 1950. The molecule has 0 saturated heterocycles. The van der Waals surface area contributed by atoms with Crippen LogP contribution in [0.25, 0.3) is 39.5 Å². The summed E-state index contributed by atoms with van der Waals surface area (Å²) in [5, 5.41) is 2.99. The van der Waals surface area contributed by atoms with Crippen molar-refractivity contribution < 1.29 is 17.9 Å². The minimum atomic E-state index is -4.10. The van der Waals surface area contributed by atoms with Gasteiger partial charge in [0.05, 0.1) is 0 Å². The Morgan fingerprint density at radius 1 is 0.733 bits per heavy atom. The topological polar surface area (TPSA) is 0 Å². The van der Waals surface area contributed by atoms with E-state index in [0.29, 0.717) is 5.92 Å². The number of halogens is 2. The fourth-order valence-electron chi connectivity index (χ4n) is 7.65. The van der Waals surface area contributed by atoms with Crippen molar-refractivity contribution in [3.63, 3.8) is 0 Å². The van der Waals surface area contributed by atoms with Gasteiger partial charge in [-0.3, -0.25) is 0 Å². The molecule has 1 aliphatic heterocycles. The van der Waals surface area contributed by atoms with Gasteiger partial charge in [-0.15, -0.1) is 0 Å². The zero-order valence-corrected chi connectivity index (χ0v) is 32.2. The van der Waals surface area contributed by atoms with Crippen molar-refractivity contribution in [1.82, 2.24) is 0 Å². The Hall–Kier alpha value is -2.48. The number of benzene rings is 5. The van der Waals surface area contributed by atoms with Crippen molar-refractivity contribution in [2.24, 2.45) is 5.92 Å². The maximum absolute atomic E-state index is 8.03. The molecule has 0 amide bonds. The quantitative estimate of drug-likeness (QED) is 0.150. The Kier molecular flexibility index (Phi) is 8.27. The SMILES string of the molecule is CCC(C)C1=Cc2c(ccc(C(C)(C)C)c2-c2ccccc2-c2ccccc2)[CH]1[Zr]([Cl])([Cl])[c]1cccc2c1[SiH2]c1ccccc1-2. The molecule has 2 aliphatic rings. The van der Waals surface area contributed by atoms with Crippen LogP contribution in [0.5, 0.6) is 0 Å². The molecule has 0 nitrogen and oxygen atoms in total. The molecular formula is C41H40Cl2SiZr. The molecule has 7 rings (SSSR count). The van der Waals surface area contributed by atoms with Crippen molar-refractivity contribution in [3.8, 4) is 33.4 Å². The van der Waals surface area contributed by atoms with Gasteiger partial charge >= 0.3 is 285 Å². The first-order valence-electron chi connectivity index (χ1n) is 16.2. The van der Waals surface area contributed by atoms with Gasteiger partial charge in [-0.05, 0) is 0 Å². The third kappa shape index (κ3) is 5.31. The van der Waals surface area contributed by atoms with Gasteiger partial charge in [0.2, 0.25) is 0 Å². The van der Waals surface area contributed by atoms with E-state index in [0.717, 1.165) is 6.42 Å². The molecule has 5 aromatic rings. The van der Waals surface area contributed by atoms with E-state index in [1.807, 2.05) is 0 Å². The van der Waals surface area contributed by atoms with Crippen LogP contribution in [0.3, 0.4) is 0 Å². The summed E-state index contributed by atoms with van der Waals surface area (Å²) < 4.78 is 1.36. The molecule has 0 saturated carbocycles. The van der Waals surface area contributed by atoms with Crippen LogP contribution in [-0.4, -0.2) is 9.52 Å². The molecule has 45 heavy (non-hydrogen) atoms. The van der Waals surface area contributed by atoms with Crippen LogP contribution in [0.2, 0.25) is 0 Å². The number of hydrogen-bond donors (Lipinski definition) is 0. The molecule has 2 unspecified atom stereocenters. The van der Waals surface area contributed by atoms with Gasteiger partial charge in [-0.1, -0.05) is 0 Å². The monoisotopic (exact) mass is 720 g/mol. The maximum atomic E-state index is 8.03. The third-order valence-corrected chi connectivity index (χ3v) is 24.3.